The third-order valence-corrected chi connectivity index (χ3v) is 2.63. The molecule has 1 heterocycles. The van der Waals surface area contributed by atoms with Crippen LogP contribution in [-0.4, -0.2) is 22.3 Å². The smallest absolute Gasteiger partial charge is 0.240 e. The number of ketones is 1. The first kappa shape index (κ1) is 13.5. The third-order valence-electron chi connectivity index (χ3n) is 2.63. The summed E-state index contributed by atoms with van der Waals surface area (Å²) in [6.07, 6.45) is 3.77. The molecule has 0 saturated carbocycles. The molecule has 0 aliphatic rings. The summed E-state index contributed by atoms with van der Waals surface area (Å²) < 4.78 is 1.68. The number of carbonyl (C=O) groups excluding carboxylic acids is 2. The van der Waals surface area contributed by atoms with Crippen molar-refractivity contribution >= 4 is 11.7 Å². The number of Topliss-reactive ketones (excluding diaryl/α,β-unsaturated/α-hetero) is 1. The Balaban J connectivity index is 2.56. The van der Waals surface area contributed by atoms with E-state index in [9.17, 15) is 9.59 Å². The number of nitrogens with one attached hydrogen (secondary N) is 1. The molecule has 1 N–H and O–H groups in total. The average Bonchev–Trinajstić information content (AvgIpc) is 2.65. The molecule has 1 unspecified atom stereocenters. The quantitative estimate of drug-likeness (QED) is 0.768. The standard InChI is InChI=1S/C13H20N2O2/c1-4-6-10(2)14-13(17)9-15-8-5-7-12(15)11(3)16/h5,7-8,10H,4,6,9H2,1-3H3,(H,14,17). The molecule has 0 bridgehead atoms. The first-order valence-corrected chi connectivity index (χ1v) is 6.00. The van der Waals surface area contributed by atoms with Crippen LogP contribution in [-0.2, 0) is 11.3 Å². The lowest BCUT2D eigenvalue weighted by Gasteiger charge is -2.13. The van der Waals surface area contributed by atoms with Gasteiger partial charge in [0, 0.05) is 19.2 Å². The van der Waals surface area contributed by atoms with Gasteiger partial charge in [-0.1, -0.05) is 13.3 Å². The second-order valence-corrected chi connectivity index (χ2v) is 4.33. The van der Waals surface area contributed by atoms with Crippen molar-refractivity contribution in [3.8, 4) is 0 Å². The second kappa shape index (κ2) is 6.23. The van der Waals surface area contributed by atoms with Gasteiger partial charge in [0.05, 0.1) is 5.69 Å². The van der Waals surface area contributed by atoms with Gasteiger partial charge < -0.3 is 9.88 Å². The van der Waals surface area contributed by atoms with Crippen LogP contribution in [0.2, 0.25) is 0 Å². The zero-order valence-electron chi connectivity index (χ0n) is 10.7. The molecule has 94 valence electrons. The molecule has 0 fully saturated rings. The first-order chi connectivity index (χ1) is 8.04. The van der Waals surface area contributed by atoms with Gasteiger partial charge in [-0.3, -0.25) is 9.59 Å². The highest BCUT2D eigenvalue weighted by Crippen LogP contribution is 2.03. The molecular formula is C13H20N2O2. The summed E-state index contributed by atoms with van der Waals surface area (Å²) >= 11 is 0. The Morgan fingerprint density at radius 3 is 2.76 bits per heavy atom. The molecule has 4 nitrogen and oxygen atoms in total. The number of carbonyl (C=O) groups is 2. The van der Waals surface area contributed by atoms with Crippen LogP contribution in [0.4, 0.5) is 0 Å². The molecule has 1 atom stereocenters. The number of aromatic nitrogens is 1. The fourth-order valence-electron chi connectivity index (χ4n) is 1.85. The fourth-order valence-corrected chi connectivity index (χ4v) is 1.85. The van der Waals surface area contributed by atoms with Crippen LogP contribution < -0.4 is 5.32 Å². The van der Waals surface area contributed by atoms with Crippen LogP contribution in [0.5, 0.6) is 0 Å². The summed E-state index contributed by atoms with van der Waals surface area (Å²) in [5, 5.41) is 2.91. The van der Waals surface area contributed by atoms with E-state index in [0.717, 1.165) is 12.8 Å². The number of amides is 1. The van der Waals surface area contributed by atoms with Gasteiger partial charge in [-0.25, -0.2) is 0 Å². The molecule has 0 aliphatic heterocycles. The van der Waals surface area contributed by atoms with Crippen LogP contribution in [0, 0.1) is 0 Å². The summed E-state index contributed by atoms with van der Waals surface area (Å²) in [7, 11) is 0. The van der Waals surface area contributed by atoms with E-state index in [1.165, 1.54) is 6.92 Å². The van der Waals surface area contributed by atoms with Gasteiger partial charge in [-0.05, 0) is 25.5 Å². The van der Waals surface area contributed by atoms with E-state index < -0.39 is 0 Å². The maximum absolute atomic E-state index is 11.7. The lowest BCUT2D eigenvalue weighted by Crippen LogP contribution is -2.35. The van der Waals surface area contributed by atoms with E-state index in [-0.39, 0.29) is 24.3 Å². The zero-order valence-corrected chi connectivity index (χ0v) is 10.7. The summed E-state index contributed by atoms with van der Waals surface area (Å²) in [6, 6.07) is 3.69. The van der Waals surface area contributed by atoms with Crippen LogP contribution >= 0.6 is 0 Å². The summed E-state index contributed by atoms with van der Waals surface area (Å²) in [4.78, 5) is 23.0. The van der Waals surface area contributed by atoms with Crippen LogP contribution in [0.3, 0.4) is 0 Å². The van der Waals surface area contributed by atoms with Gasteiger partial charge in [-0.2, -0.15) is 0 Å². The van der Waals surface area contributed by atoms with Crippen molar-refractivity contribution in [3.63, 3.8) is 0 Å². The van der Waals surface area contributed by atoms with Crippen LogP contribution in [0.25, 0.3) is 0 Å². The lowest BCUT2D eigenvalue weighted by atomic mass is 10.2. The molecule has 17 heavy (non-hydrogen) atoms. The SMILES string of the molecule is CCCC(C)NC(=O)Cn1cccc1C(C)=O. The lowest BCUT2D eigenvalue weighted by molar-refractivity contribution is -0.122. The predicted molar refractivity (Wildman–Crippen MR) is 66.9 cm³/mol. The molecule has 1 rings (SSSR count). The fraction of sp³-hybridized carbons (Fsp3) is 0.538. The van der Waals surface area contributed by atoms with Crippen molar-refractivity contribution in [1.82, 2.24) is 9.88 Å². The maximum atomic E-state index is 11.7. The predicted octanol–water partition coefficient (Wildman–Crippen LogP) is 2.00. The molecule has 1 amide bonds. The largest absolute Gasteiger partial charge is 0.352 e. The summed E-state index contributed by atoms with van der Waals surface area (Å²) in [5.41, 5.74) is 0.572. The molecule has 4 heteroatoms. The summed E-state index contributed by atoms with van der Waals surface area (Å²) in [5.74, 6) is -0.0749. The minimum Gasteiger partial charge on any atom is -0.352 e. The second-order valence-electron chi connectivity index (χ2n) is 4.33. The Morgan fingerprint density at radius 2 is 2.18 bits per heavy atom. The zero-order chi connectivity index (χ0) is 12.8. The highest BCUT2D eigenvalue weighted by molar-refractivity contribution is 5.93. The molecule has 0 aromatic carbocycles. The normalized spacial score (nSPS) is 12.2. The van der Waals surface area contributed by atoms with Crippen molar-refractivity contribution in [2.24, 2.45) is 0 Å². The van der Waals surface area contributed by atoms with Gasteiger partial charge in [0.15, 0.2) is 5.78 Å². The van der Waals surface area contributed by atoms with Crippen molar-refractivity contribution in [1.29, 1.82) is 0 Å². The van der Waals surface area contributed by atoms with E-state index in [2.05, 4.69) is 12.2 Å². The monoisotopic (exact) mass is 236 g/mol. The molecule has 1 aromatic rings. The van der Waals surface area contributed by atoms with Crippen LogP contribution in [0.15, 0.2) is 18.3 Å². The number of hydrogen-bond donors (Lipinski definition) is 1. The van der Waals surface area contributed by atoms with Gasteiger partial charge in [0.1, 0.15) is 6.54 Å². The summed E-state index contributed by atoms with van der Waals surface area (Å²) in [6.45, 7) is 5.78. The highest BCUT2D eigenvalue weighted by atomic mass is 16.2. The van der Waals surface area contributed by atoms with E-state index in [0.29, 0.717) is 5.69 Å². The van der Waals surface area contributed by atoms with Crippen molar-refractivity contribution in [3.05, 3.63) is 24.0 Å². The molecular weight excluding hydrogens is 216 g/mol. The Bertz CT molecular complexity index is 396. The Labute approximate surface area is 102 Å². The minimum atomic E-state index is -0.0512. The Kier molecular flexibility index (Phi) is 4.94. The number of hydrogen-bond acceptors (Lipinski definition) is 2. The molecule has 0 saturated heterocycles. The average molecular weight is 236 g/mol. The van der Waals surface area contributed by atoms with Crippen molar-refractivity contribution < 1.29 is 9.59 Å². The first-order valence-electron chi connectivity index (χ1n) is 6.00. The number of rotatable bonds is 6. The number of nitrogens with zero attached hydrogens (tertiary/aromatic N) is 1. The molecule has 0 radical (unpaired) electrons. The Morgan fingerprint density at radius 1 is 1.47 bits per heavy atom. The maximum Gasteiger partial charge on any atom is 0.240 e. The van der Waals surface area contributed by atoms with Gasteiger partial charge in [0.2, 0.25) is 5.91 Å². The van der Waals surface area contributed by atoms with E-state index >= 15 is 0 Å². The molecule has 0 aliphatic carbocycles. The van der Waals surface area contributed by atoms with Gasteiger partial charge >= 0.3 is 0 Å². The van der Waals surface area contributed by atoms with Crippen molar-refractivity contribution in [2.45, 2.75) is 46.2 Å². The van der Waals surface area contributed by atoms with Crippen molar-refractivity contribution in [2.75, 3.05) is 0 Å². The van der Waals surface area contributed by atoms with Gasteiger partial charge in [-0.15, -0.1) is 0 Å². The molecule has 1 aromatic heterocycles. The topological polar surface area (TPSA) is 51.1 Å². The molecule has 0 spiro atoms. The van der Waals surface area contributed by atoms with Crippen LogP contribution in [0.1, 0.15) is 44.1 Å². The van der Waals surface area contributed by atoms with E-state index in [1.807, 2.05) is 6.92 Å². The minimum absolute atomic E-state index is 0.0237. The van der Waals surface area contributed by atoms with E-state index in [1.54, 1.807) is 22.9 Å². The van der Waals surface area contributed by atoms with E-state index in [4.69, 9.17) is 0 Å². The Hall–Kier alpha value is -1.58. The highest BCUT2D eigenvalue weighted by Gasteiger charge is 2.11. The van der Waals surface area contributed by atoms with Gasteiger partial charge in [0.25, 0.3) is 0 Å². The third kappa shape index (κ3) is 4.06.